The van der Waals surface area contributed by atoms with Gasteiger partial charge in [0, 0.05) is 10.6 Å². The van der Waals surface area contributed by atoms with Crippen LogP contribution in [0, 0.1) is 5.82 Å². The van der Waals surface area contributed by atoms with Gasteiger partial charge in [-0.2, -0.15) is 0 Å². The molecule has 3 nitrogen and oxygen atoms in total. The van der Waals surface area contributed by atoms with Gasteiger partial charge in [0.15, 0.2) is 0 Å². The van der Waals surface area contributed by atoms with Crippen molar-refractivity contribution in [3.05, 3.63) is 58.4 Å². The average molecular weight is 326 g/mol. The smallest absolute Gasteiger partial charge is 0.137 e. The van der Waals surface area contributed by atoms with Gasteiger partial charge in [0.05, 0.1) is 12.7 Å². The van der Waals surface area contributed by atoms with Crippen LogP contribution in [0.15, 0.2) is 36.4 Å². The highest BCUT2D eigenvalue weighted by Crippen LogP contribution is 2.26. The maximum atomic E-state index is 13.7. The third kappa shape index (κ3) is 3.62. The van der Waals surface area contributed by atoms with Crippen molar-refractivity contribution in [1.29, 1.82) is 0 Å². The van der Waals surface area contributed by atoms with E-state index in [4.69, 9.17) is 39.0 Å². The summed E-state index contributed by atoms with van der Waals surface area (Å²) in [4.78, 5) is -0.0545. The Morgan fingerprint density at radius 3 is 2.71 bits per heavy atom. The summed E-state index contributed by atoms with van der Waals surface area (Å²) < 4.78 is 24.6. The van der Waals surface area contributed by atoms with Gasteiger partial charge in [-0.15, -0.1) is 0 Å². The van der Waals surface area contributed by atoms with Crippen LogP contribution in [-0.2, 0) is 6.61 Å². The monoisotopic (exact) mass is 325 g/mol. The molecule has 0 aromatic heterocycles. The Kier molecular flexibility index (Phi) is 4.98. The second kappa shape index (κ2) is 6.74. The summed E-state index contributed by atoms with van der Waals surface area (Å²) in [6, 6.07) is 9.59. The third-order valence-corrected chi connectivity index (χ3v) is 3.29. The minimum atomic E-state index is -0.516. The highest BCUT2D eigenvalue weighted by molar-refractivity contribution is 7.80. The van der Waals surface area contributed by atoms with Crippen molar-refractivity contribution in [3.8, 4) is 11.5 Å². The topological polar surface area (TPSA) is 44.5 Å². The molecule has 0 unspecified atom stereocenters. The molecule has 0 heterocycles. The third-order valence-electron chi connectivity index (χ3n) is 2.85. The Morgan fingerprint density at radius 1 is 1.29 bits per heavy atom. The molecule has 0 radical (unpaired) electrons. The van der Waals surface area contributed by atoms with E-state index in [2.05, 4.69) is 0 Å². The summed E-state index contributed by atoms with van der Waals surface area (Å²) in [5.41, 5.74) is 6.36. The summed E-state index contributed by atoms with van der Waals surface area (Å²) in [5.74, 6) is 0.398. The highest BCUT2D eigenvalue weighted by Gasteiger charge is 2.13. The Morgan fingerprint density at radius 2 is 2.05 bits per heavy atom. The molecule has 2 aromatic carbocycles. The van der Waals surface area contributed by atoms with E-state index < -0.39 is 5.82 Å². The van der Waals surface area contributed by atoms with E-state index in [0.29, 0.717) is 10.8 Å². The molecule has 0 atom stereocenters. The SMILES string of the molecule is COc1ccc(Cl)cc1COc1cccc(F)c1C(N)=S. The average Bonchev–Trinajstić information content (AvgIpc) is 2.44. The molecule has 110 valence electrons. The first-order chi connectivity index (χ1) is 10.0. The molecule has 2 rings (SSSR count). The molecule has 0 bridgehead atoms. The lowest BCUT2D eigenvalue weighted by Gasteiger charge is -2.13. The lowest BCUT2D eigenvalue weighted by Crippen LogP contribution is -2.14. The van der Waals surface area contributed by atoms with Crippen molar-refractivity contribution in [2.75, 3.05) is 7.11 Å². The largest absolute Gasteiger partial charge is 0.496 e. The number of nitrogens with two attached hydrogens (primary N) is 1. The maximum absolute atomic E-state index is 13.7. The summed E-state index contributed by atoms with van der Waals surface area (Å²) in [5, 5.41) is 0.559. The number of hydrogen-bond donors (Lipinski definition) is 1. The molecule has 0 aliphatic heterocycles. The fraction of sp³-hybridized carbons (Fsp3) is 0.133. The lowest BCUT2D eigenvalue weighted by atomic mass is 10.2. The Labute approximate surface area is 132 Å². The zero-order chi connectivity index (χ0) is 15.4. The number of halogens is 2. The molecule has 6 heteroatoms. The van der Waals surface area contributed by atoms with Gasteiger partial charge in [-0.1, -0.05) is 29.9 Å². The van der Waals surface area contributed by atoms with Crippen LogP contribution in [0.5, 0.6) is 11.5 Å². The summed E-state index contributed by atoms with van der Waals surface area (Å²) >= 11 is 10.8. The molecule has 0 spiro atoms. The van der Waals surface area contributed by atoms with Crippen LogP contribution in [-0.4, -0.2) is 12.1 Å². The normalized spacial score (nSPS) is 10.2. The van der Waals surface area contributed by atoms with E-state index >= 15 is 0 Å². The standard InChI is InChI=1S/C15H13ClFNO2S/c1-19-12-6-5-10(16)7-9(12)8-20-13-4-2-3-11(17)14(13)15(18)21/h2-7H,8H2,1H3,(H2,18,21). The van der Waals surface area contributed by atoms with Crippen LogP contribution < -0.4 is 15.2 Å². The van der Waals surface area contributed by atoms with E-state index in [-0.39, 0.29) is 22.9 Å². The van der Waals surface area contributed by atoms with Gasteiger partial charge in [0.2, 0.25) is 0 Å². The Hall–Kier alpha value is -1.85. The molecule has 0 saturated heterocycles. The molecule has 0 aliphatic rings. The fourth-order valence-corrected chi connectivity index (χ4v) is 2.27. The van der Waals surface area contributed by atoms with Crippen LogP contribution in [0.2, 0.25) is 5.02 Å². The molecular weight excluding hydrogens is 313 g/mol. The van der Waals surface area contributed by atoms with E-state index in [1.54, 1.807) is 31.4 Å². The summed E-state index contributed by atoms with van der Waals surface area (Å²) in [6.45, 7) is 0.156. The van der Waals surface area contributed by atoms with Crippen molar-refractivity contribution in [2.45, 2.75) is 6.61 Å². The van der Waals surface area contributed by atoms with E-state index in [9.17, 15) is 4.39 Å². The number of ether oxygens (including phenoxy) is 2. The summed E-state index contributed by atoms with van der Waals surface area (Å²) in [7, 11) is 1.55. The molecule has 21 heavy (non-hydrogen) atoms. The van der Waals surface area contributed by atoms with Crippen molar-refractivity contribution in [1.82, 2.24) is 0 Å². The second-order valence-corrected chi connectivity index (χ2v) is 5.10. The van der Waals surface area contributed by atoms with Gasteiger partial charge in [-0.3, -0.25) is 0 Å². The van der Waals surface area contributed by atoms with Gasteiger partial charge in [-0.25, -0.2) is 4.39 Å². The zero-order valence-electron chi connectivity index (χ0n) is 11.2. The van der Waals surface area contributed by atoms with Gasteiger partial charge < -0.3 is 15.2 Å². The lowest BCUT2D eigenvalue weighted by molar-refractivity contribution is 0.295. The molecule has 0 amide bonds. The first-order valence-corrected chi connectivity index (χ1v) is 6.85. The first-order valence-electron chi connectivity index (χ1n) is 6.06. The van der Waals surface area contributed by atoms with Crippen LogP contribution in [0.1, 0.15) is 11.1 Å². The fourth-order valence-electron chi connectivity index (χ4n) is 1.88. The number of hydrogen-bond acceptors (Lipinski definition) is 3. The Bertz CT molecular complexity index is 679. The molecule has 2 N–H and O–H groups in total. The molecular formula is C15H13ClFNO2S. The van der Waals surface area contributed by atoms with Crippen molar-refractivity contribution in [3.63, 3.8) is 0 Å². The van der Waals surface area contributed by atoms with E-state index in [1.165, 1.54) is 12.1 Å². The van der Waals surface area contributed by atoms with E-state index in [1.807, 2.05) is 0 Å². The molecule has 0 aliphatic carbocycles. The van der Waals surface area contributed by atoms with Crippen molar-refractivity contribution < 1.29 is 13.9 Å². The highest BCUT2D eigenvalue weighted by atomic mass is 35.5. The second-order valence-electron chi connectivity index (χ2n) is 4.22. The van der Waals surface area contributed by atoms with Crippen molar-refractivity contribution in [2.24, 2.45) is 5.73 Å². The number of rotatable bonds is 5. The van der Waals surface area contributed by atoms with Gasteiger partial charge in [0.25, 0.3) is 0 Å². The number of thiocarbonyl (C=S) groups is 1. The first kappa shape index (κ1) is 15.5. The summed E-state index contributed by atoms with van der Waals surface area (Å²) in [6.07, 6.45) is 0. The minimum Gasteiger partial charge on any atom is -0.496 e. The molecule has 2 aromatic rings. The predicted octanol–water partition coefficient (Wildman–Crippen LogP) is 3.70. The van der Waals surface area contributed by atoms with Crippen LogP contribution in [0.3, 0.4) is 0 Å². The van der Waals surface area contributed by atoms with E-state index in [0.717, 1.165) is 5.56 Å². The van der Waals surface area contributed by atoms with Crippen molar-refractivity contribution >= 4 is 28.8 Å². The van der Waals surface area contributed by atoms with Gasteiger partial charge in [-0.05, 0) is 30.3 Å². The van der Waals surface area contributed by atoms with Crippen LogP contribution >= 0.6 is 23.8 Å². The van der Waals surface area contributed by atoms with Gasteiger partial charge in [0.1, 0.15) is 28.9 Å². The quantitative estimate of drug-likeness (QED) is 0.851. The minimum absolute atomic E-state index is 0.0545. The number of methoxy groups -OCH3 is 1. The number of benzene rings is 2. The van der Waals surface area contributed by atoms with Crippen LogP contribution in [0.4, 0.5) is 4.39 Å². The maximum Gasteiger partial charge on any atom is 0.137 e. The molecule has 0 saturated carbocycles. The molecule has 0 fully saturated rings. The zero-order valence-corrected chi connectivity index (χ0v) is 12.8. The Balaban J connectivity index is 2.27. The van der Waals surface area contributed by atoms with Gasteiger partial charge >= 0.3 is 0 Å². The van der Waals surface area contributed by atoms with Crippen LogP contribution in [0.25, 0.3) is 0 Å². The predicted molar refractivity (Wildman–Crippen MR) is 84.6 cm³/mol.